The van der Waals surface area contributed by atoms with Crippen LogP contribution in [-0.2, 0) is 4.74 Å². The molecule has 3 rings (SSSR count). The van der Waals surface area contributed by atoms with Crippen LogP contribution in [0.15, 0.2) is 67.0 Å². The predicted molar refractivity (Wildman–Crippen MR) is 99.7 cm³/mol. The Bertz CT molecular complexity index is 974. The first-order valence-electron chi connectivity index (χ1n) is 8.03. The minimum Gasteiger partial charge on any atom is -0.465 e. The first kappa shape index (κ1) is 18.1. The Kier molecular flexibility index (Phi) is 5.41. The van der Waals surface area contributed by atoms with Crippen molar-refractivity contribution in [2.75, 3.05) is 17.7 Å². The van der Waals surface area contributed by atoms with Crippen LogP contribution >= 0.6 is 0 Å². The smallest absolute Gasteiger partial charge is 0.339 e. The second-order valence-corrected chi connectivity index (χ2v) is 5.59. The third-order valence-electron chi connectivity index (χ3n) is 3.71. The second kappa shape index (κ2) is 8.09. The molecule has 0 bridgehead atoms. The summed E-state index contributed by atoms with van der Waals surface area (Å²) in [6.07, 6.45) is 2.94. The molecule has 0 saturated heterocycles. The standard InChI is InChI=1S/C20H16FN3O3/c1-27-20(26)17-4-2-3-5-18(17)23-16-10-13(11-22-12-16)19(25)24-15-8-6-14(21)7-9-15/h2-12,23H,1H3,(H,24,25). The van der Waals surface area contributed by atoms with Gasteiger partial charge >= 0.3 is 5.97 Å². The van der Waals surface area contributed by atoms with Crippen LogP contribution in [0, 0.1) is 5.82 Å². The first-order valence-corrected chi connectivity index (χ1v) is 8.03. The molecule has 0 fully saturated rings. The van der Waals surface area contributed by atoms with E-state index >= 15 is 0 Å². The number of carbonyl (C=O) groups excluding carboxylic acids is 2. The van der Waals surface area contributed by atoms with Crippen LogP contribution in [-0.4, -0.2) is 24.0 Å². The fraction of sp³-hybridized carbons (Fsp3) is 0.0500. The molecule has 0 atom stereocenters. The molecule has 0 saturated carbocycles. The van der Waals surface area contributed by atoms with E-state index in [1.54, 1.807) is 30.3 Å². The number of esters is 1. The number of aromatic nitrogens is 1. The van der Waals surface area contributed by atoms with Gasteiger partial charge < -0.3 is 15.4 Å². The fourth-order valence-corrected chi connectivity index (χ4v) is 2.40. The Labute approximate surface area is 155 Å². The summed E-state index contributed by atoms with van der Waals surface area (Å²) < 4.78 is 17.7. The summed E-state index contributed by atoms with van der Waals surface area (Å²) >= 11 is 0. The van der Waals surface area contributed by atoms with E-state index in [1.165, 1.54) is 43.8 Å². The van der Waals surface area contributed by atoms with E-state index in [-0.39, 0.29) is 11.7 Å². The first-order chi connectivity index (χ1) is 13.1. The molecule has 3 aromatic rings. The van der Waals surface area contributed by atoms with E-state index in [9.17, 15) is 14.0 Å². The van der Waals surface area contributed by atoms with Crippen molar-refractivity contribution in [3.63, 3.8) is 0 Å². The fourth-order valence-electron chi connectivity index (χ4n) is 2.40. The predicted octanol–water partition coefficient (Wildman–Crippen LogP) is 4.00. The monoisotopic (exact) mass is 365 g/mol. The Morgan fingerprint density at radius 1 is 1.00 bits per heavy atom. The van der Waals surface area contributed by atoms with Crippen LogP contribution in [0.1, 0.15) is 20.7 Å². The Balaban J connectivity index is 1.79. The van der Waals surface area contributed by atoms with E-state index in [0.717, 1.165) is 0 Å². The number of hydrogen-bond donors (Lipinski definition) is 2. The summed E-state index contributed by atoms with van der Waals surface area (Å²) in [7, 11) is 1.31. The number of hydrogen-bond acceptors (Lipinski definition) is 5. The highest BCUT2D eigenvalue weighted by atomic mass is 19.1. The van der Waals surface area contributed by atoms with Gasteiger partial charge in [-0.05, 0) is 42.5 Å². The molecule has 0 aliphatic heterocycles. The zero-order chi connectivity index (χ0) is 19.2. The van der Waals surface area contributed by atoms with Gasteiger partial charge in [0.15, 0.2) is 0 Å². The summed E-state index contributed by atoms with van der Waals surface area (Å²) in [5, 5.41) is 5.73. The second-order valence-electron chi connectivity index (χ2n) is 5.59. The average Bonchev–Trinajstić information content (AvgIpc) is 2.70. The molecule has 2 aromatic carbocycles. The maximum absolute atomic E-state index is 13.0. The number of pyridine rings is 1. The Morgan fingerprint density at radius 2 is 1.74 bits per heavy atom. The molecule has 0 aliphatic rings. The third-order valence-corrected chi connectivity index (χ3v) is 3.71. The van der Waals surface area contributed by atoms with Crippen molar-refractivity contribution in [2.45, 2.75) is 0 Å². The highest BCUT2D eigenvalue weighted by Crippen LogP contribution is 2.22. The van der Waals surface area contributed by atoms with Crippen molar-refractivity contribution in [3.8, 4) is 0 Å². The number of amides is 1. The molecule has 1 aromatic heterocycles. The van der Waals surface area contributed by atoms with Crippen molar-refractivity contribution in [2.24, 2.45) is 0 Å². The molecular formula is C20H16FN3O3. The van der Waals surface area contributed by atoms with Gasteiger partial charge in [0.2, 0.25) is 0 Å². The minimum atomic E-state index is -0.476. The molecule has 0 aliphatic carbocycles. The molecule has 0 spiro atoms. The average molecular weight is 365 g/mol. The van der Waals surface area contributed by atoms with Gasteiger partial charge in [-0.15, -0.1) is 0 Å². The van der Waals surface area contributed by atoms with Gasteiger partial charge in [0.25, 0.3) is 5.91 Å². The van der Waals surface area contributed by atoms with E-state index in [1.807, 2.05) is 0 Å². The molecule has 1 heterocycles. The topological polar surface area (TPSA) is 80.3 Å². The number of anilines is 3. The summed E-state index contributed by atoms with van der Waals surface area (Å²) in [6.45, 7) is 0. The van der Waals surface area contributed by atoms with Gasteiger partial charge in [0.1, 0.15) is 5.82 Å². The number of nitrogens with one attached hydrogen (secondary N) is 2. The van der Waals surface area contributed by atoms with Gasteiger partial charge in [-0.3, -0.25) is 9.78 Å². The highest BCUT2D eigenvalue weighted by Gasteiger charge is 2.12. The maximum Gasteiger partial charge on any atom is 0.339 e. The Morgan fingerprint density at radius 3 is 2.48 bits per heavy atom. The normalized spacial score (nSPS) is 10.1. The number of nitrogens with zero attached hydrogens (tertiary/aromatic N) is 1. The van der Waals surface area contributed by atoms with Gasteiger partial charge in [-0.2, -0.15) is 0 Å². The summed E-state index contributed by atoms with van der Waals surface area (Å²) in [5.41, 5.74) is 2.19. The van der Waals surface area contributed by atoms with Crippen molar-refractivity contribution >= 4 is 28.9 Å². The summed E-state index contributed by atoms with van der Waals surface area (Å²) in [6, 6.07) is 13.9. The molecule has 27 heavy (non-hydrogen) atoms. The van der Waals surface area contributed by atoms with Crippen LogP contribution in [0.5, 0.6) is 0 Å². The molecule has 2 N–H and O–H groups in total. The van der Waals surface area contributed by atoms with Gasteiger partial charge in [-0.1, -0.05) is 12.1 Å². The van der Waals surface area contributed by atoms with Gasteiger partial charge in [-0.25, -0.2) is 9.18 Å². The molecular weight excluding hydrogens is 349 g/mol. The lowest BCUT2D eigenvalue weighted by Gasteiger charge is -2.11. The van der Waals surface area contributed by atoms with Crippen molar-refractivity contribution in [1.82, 2.24) is 4.98 Å². The van der Waals surface area contributed by atoms with Crippen LogP contribution in [0.2, 0.25) is 0 Å². The number of rotatable bonds is 5. The van der Waals surface area contributed by atoms with Crippen molar-refractivity contribution in [3.05, 3.63) is 83.9 Å². The number of benzene rings is 2. The summed E-state index contributed by atoms with van der Waals surface area (Å²) in [4.78, 5) is 28.3. The Hall–Kier alpha value is -3.74. The molecule has 6 nitrogen and oxygen atoms in total. The third kappa shape index (κ3) is 4.46. The zero-order valence-corrected chi connectivity index (χ0v) is 14.4. The van der Waals surface area contributed by atoms with E-state index < -0.39 is 5.97 Å². The van der Waals surface area contributed by atoms with Crippen LogP contribution < -0.4 is 10.6 Å². The molecule has 1 amide bonds. The lowest BCUT2D eigenvalue weighted by molar-refractivity contribution is 0.0601. The lowest BCUT2D eigenvalue weighted by Crippen LogP contribution is -2.12. The number of para-hydroxylation sites is 1. The van der Waals surface area contributed by atoms with Gasteiger partial charge in [0.05, 0.1) is 35.8 Å². The summed E-state index contributed by atoms with van der Waals surface area (Å²) in [5.74, 6) is -1.25. The quantitative estimate of drug-likeness (QED) is 0.668. The van der Waals surface area contributed by atoms with Crippen LogP contribution in [0.4, 0.5) is 21.5 Å². The molecule has 7 heteroatoms. The van der Waals surface area contributed by atoms with Crippen molar-refractivity contribution in [1.29, 1.82) is 0 Å². The van der Waals surface area contributed by atoms with Crippen LogP contribution in [0.25, 0.3) is 0 Å². The zero-order valence-electron chi connectivity index (χ0n) is 14.4. The highest BCUT2D eigenvalue weighted by molar-refractivity contribution is 6.04. The minimum absolute atomic E-state index is 0.305. The van der Waals surface area contributed by atoms with E-state index in [2.05, 4.69) is 15.6 Å². The van der Waals surface area contributed by atoms with Crippen molar-refractivity contribution < 1.29 is 18.7 Å². The molecule has 0 radical (unpaired) electrons. The maximum atomic E-state index is 13.0. The molecule has 0 unspecified atom stereocenters. The number of halogens is 1. The number of methoxy groups -OCH3 is 1. The van der Waals surface area contributed by atoms with Gasteiger partial charge in [0, 0.05) is 11.9 Å². The largest absolute Gasteiger partial charge is 0.465 e. The molecule has 136 valence electrons. The van der Waals surface area contributed by atoms with E-state index in [4.69, 9.17) is 4.74 Å². The van der Waals surface area contributed by atoms with Crippen LogP contribution in [0.3, 0.4) is 0 Å². The number of carbonyl (C=O) groups is 2. The van der Waals surface area contributed by atoms with E-state index in [0.29, 0.717) is 28.2 Å². The SMILES string of the molecule is COC(=O)c1ccccc1Nc1cncc(C(=O)Nc2ccc(F)cc2)c1. The number of ether oxygens (including phenoxy) is 1. The lowest BCUT2D eigenvalue weighted by atomic mass is 10.1.